The molecule has 0 bridgehead atoms. The summed E-state index contributed by atoms with van der Waals surface area (Å²) in [6.45, 7) is 3.92. The van der Waals surface area contributed by atoms with E-state index < -0.39 is 0 Å². The molecule has 1 fully saturated rings. The average molecular weight is 342 g/mol. The molecule has 0 radical (unpaired) electrons. The van der Waals surface area contributed by atoms with Gasteiger partial charge in [0, 0.05) is 30.9 Å². The standard InChI is InChI=1S/C18H22N4OS/c1-23-13-22-15-11-14(12-21-9-3-2-4-10-21)5-6-16(15)24-18-17(22)19-7-8-20-18/h5-8,11H,2-4,9-10,12-13H2,1H3. The number of likely N-dealkylation sites (tertiary alicyclic amines) is 1. The van der Waals surface area contributed by atoms with Gasteiger partial charge in [0.25, 0.3) is 0 Å². The lowest BCUT2D eigenvalue weighted by Gasteiger charge is -2.31. The van der Waals surface area contributed by atoms with Crippen molar-refractivity contribution in [2.24, 2.45) is 0 Å². The number of benzene rings is 1. The van der Waals surface area contributed by atoms with Crippen molar-refractivity contribution in [1.29, 1.82) is 0 Å². The van der Waals surface area contributed by atoms with Crippen LogP contribution in [0.25, 0.3) is 0 Å². The summed E-state index contributed by atoms with van der Waals surface area (Å²) >= 11 is 1.68. The largest absolute Gasteiger partial charge is 0.364 e. The molecule has 4 rings (SSSR count). The maximum atomic E-state index is 5.42. The van der Waals surface area contributed by atoms with Crippen LogP contribution in [0.3, 0.4) is 0 Å². The van der Waals surface area contributed by atoms with Gasteiger partial charge in [-0.15, -0.1) is 0 Å². The highest BCUT2D eigenvalue weighted by Crippen LogP contribution is 2.46. The predicted molar refractivity (Wildman–Crippen MR) is 95.7 cm³/mol. The lowest BCUT2D eigenvalue weighted by atomic mass is 10.1. The first-order valence-corrected chi connectivity index (χ1v) is 9.27. The number of anilines is 2. The minimum atomic E-state index is 0.479. The Balaban J connectivity index is 1.64. The molecule has 2 aliphatic rings. The maximum absolute atomic E-state index is 5.42. The van der Waals surface area contributed by atoms with E-state index >= 15 is 0 Å². The summed E-state index contributed by atoms with van der Waals surface area (Å²) in [5.41, 5.74) is 2.52. The number of ether oxygens (including phenoxy) is 1. The monoisotopic (exact) mass is 342 g/mol. The highest BCUT2D eigenvalue weighted by atomic mass is 32.2. The molecule has 126 valence electrons. The minimum absolute atomic E-state index is 0.479. The predicted octanol–water partition coefficient (Wildman–Crippen LogP) is 3.67. The molecule has 2 aliphatic heterocycles. The maximum Gasteiger partial charge on any atom is 0.168 e. The van der Waals surface area contributed by atoms with Crippen LogP contribution in [-0.4, -0.2) is 41.8 Å². The highest BCUT2D eigenvalue weighted by molar-refractivity contribution is 7.99. The van der Waals surface area contributed by atoms with Crippen molar-refractivity contribution in [3.63, 3.8) is 0 Å². The van der Waals surface area contributed by atoms with Crippen molar-refractivity contribution in [1.82, 2.24) is 14.9 Å². The Morgan fingerprint density at radius 2 is 1.96 bits per heavy atom. The zero-order valence-corrected chi connectivity index (χ0v) is 14.8. The zero-order valence-electron chi connectivity index (χ0n) is 13.9. The van der Waals surface area contributed by atoms with Crippen LogP contribution in [-0.2, 0) is 11.3 Å². The molecule has 5 nitrogen and oxygen atoms in total. The Morgan fingerprint density at radius 1 is 1.12 bits per heavy atom. The average Bonchev–Trinajstić information content (AvgIpc) is 2.63. The number of nitrogens with zero attached hydrogens (tertiary/aromatic N) is 4. The smallest absolute Gasteiger partial charge is 0.168 e. The first kappa shape index (κ1) is 15.9. The number of rotatable bonds is 4. The molecular formula is C18H22N4OS. The van der Waals surface area contributed by atoms with Gasteiger partial charge >= 0.3 is 0 Å². The number of hydrogen-bond acceptors (Lipinski definition) is 6. The molecule has 0 amide bonds. The van der Waals surface area contributed by atoms with Crippen LogP contribution in [0.4, 0.5) is 11.5 Å². The molecule has 0 saturated carbocycles. The fourth-order valence-electron chi connectivity index (χ4n) is 3.39. The van der Waals surface area contributed by atoms with E-state index in [1.807, 2.05) is 0 Å². The Labute approximate surface area is 147 Å². The van der Waals surface area contributed by atoms with E-state index in [9.17, 15) is 0 Å². The van der Waals surface area contributed by atoms with E-state index in [2.05, 4.69) is 38.0 Å². The van der Waals surface area contributed by atoms with E-state index in [1.165, 1.54) is 48.5 Å². The van der Waals surface area contributed by atoms with E-state index in [0.717, 1.165) is 17.4 Å². The molecular weight excluding hydrogens is 320 g/mol. The minimum Gasteiger partial charge on any atom is -0.364 e. The summed E-state index contributed by atoms with van der Waals surface area (Å²) in [5.74, 6) is 0.881. The Bertz CT molecular complexity index is 718. The van der Waals surface area contributed by atoms with Gasteiger partial charge in [-0.1, -0.05) is 24.2 Å². The first-order chi connectivity index (χ1) is 11.8. The molecule has 0 aliphatic carbocycles. The molecule has 0 N–H and O–H groups in total. The van der Waals surface area contributed by atoms with Crippen LogP contribution in [0.1, 0.15) is 24.8 Å². The number of methoxy groups -OCH3 is 1. The van der Waals surface area contributed by atoms with E-state index in [0.29, 0.717) is 6.73 Å². The molecule has 1 saturated heterocycles. The van der Waals surface area contributed by atoms with Gasteiger partial charge in [0.05, 0.1) is 5.69 Å². The number of piperidine rings is 1. The van der Waals surface area contributed by atoms with Gasteiger partial charge in [0.15, 0.2) is 5.82 Å². The van der Waals surface area contributed by atoms with Crippen molar-refractivity contribution in [2.75, 3.05) is 31.8 Å². The Morgan fingerprint density at radius 3 is 2.79 bits per heavy atom. The fourth-order valence-corrected chi connectivity index (χ4v) is 4.37. The summed E-state index contributed by atoms with van der Waals surface area (Å²) < 4.78 is 5.42. The van der Waals surface area contributed by atoms with Crippen LogP contribution >= 0.6 is 11.8 Å². The third kappa shape index (κ3) is 3.14. The summed E-state index contributed by atoms with van der Waals surface area (Å²) in [6.07, 6.45) is 7.49. The van der Waals surface area contributed by atoms with Gasteiger partial charge in [-0.3, -0.25) is 9.80 Å². The zero-order chi connectivity index (χ0) is 16.4. The van der Waals surface area contributed by atoms with Crippen LogP contribution in [0.15, 0.2) is 40.5 Å². The first-order valence-electron chi connectivity index (χ1n) is 8.46. The summed E-state index contributed by atoms with van der Waals surface area (Å²) in [7, 11) is 1.72. The summed E-state index contributed by atoms with van der Waals surface area (Å²) in [5, 5.41) is 0.936. The third-order valence-electron chi connectivity index (χ3n) is 4.54. The SMILES string of the molecule is COCN1c2cc(CN3CCCCC3)ccc2Sc2nccnc21. The van der Waals surface area contributed by atoms with Crippen LogP contribution in [0.2, 0.25) is 0 Å². The molecule has 3 heterocycles. The van der Waals surface area contributed by atoms with Crippen molar-refractivity contribution in [3.05, 3.63) is 36.2 Å². The van der Waals surface area contributed by atoms with E-state index in [4.69, 9.17) is 4.74 Å². The highest BCUT2D eigenvalue weighted by Gasteiger charge is 2.26. The number of fused-ring (bicyclic) bond motifs is 2. The topological polar surface area (TPSA) is 41.5 Å². The van der Waals surface area contributed by atoms with Crippen molar-refractivity contribution in [2.45, 2.75) is 35.7 Å². The van der Waals surface area contributed by atoms with Crippen LogP contribution < -0.4 is 4.90 Å². The lowest BCUT2D eigenvalue weighted by molar-refractivity contribution is 0.204. The molecule has 0 spiro atoms. The fraction of sp³-hybridized carbons (Fsp3) is 0.444. The Hall–Kier alpha value is -1.63. The van der Waals surface area contributed by atoms with Crippen LogP contribution in [0, 0.1) is 0 Å². The third-order valence-corrected chi connectivity index (χ3v) is 5.58. The number of hydrogen-bond donors (Lipinski definition) is 0. The molecule has 0 atom stereocenters. The van der Waals surface area contributed by atoms with Gasteiger partial charge in [-0.05, 0) is 43.6 Å². The molecule has 24 heavy (non-hydrogen) atoms. The second-order valence-corrected chi connectivity index (χ2v) is 7.30. The van der Waals surface area contributed by atoms with Crippen molar-refractivity contribution < 1.29 is 4.74 Å². The summed E-state index contributed by atoms with van der Waals surface area (Å²) in [4.78, 5) is 14.9. The summed E-state index contributed by atoms with van der Waals surface area (Å²) in [6, 6.07) is 6.74. The molecule has 6 heteroatoms. The van der Waals surface area contributed by atoms with E-state index in [1.54, 1.807) is 31.3 Å². The number of aromatic nitrogens is 2. The second-order valence-electron chi connectivity index (χ2n) is 6.27. The van der Waals surface area contributed by atoms with Crippen molar-refractivity contribution in [3.8, 4) is 0 Å². The lowest BCUT2D eigenvalue weighted by Crippen LogP contribution is -2.29. The van der Waals surface area contributed by atoms with Gasteiger partial charge in [0.1, 0.15) is 11.8 Å². The van der Waals surface area contributed by atoms with Gasteiger partial charge < -0.3 is 4.74 Å². The normalized spacial score (nSPS) is 17.5. The quantitative estimate of drug-likeness (QED) is 0.844. The van der Waals surface area contributed by atoms with E-state index in [-0.39, 0.29) is 0 Å². The molecule has 1 aromatic heterocycles. The van der Waals surface area contributed by atoms with Gasteiger partial charge in [-0.2, -0.15) is 0 Å². The molecule has 1 aromatic carbocycles. The van der Waals surface area contributed by atoms with Crippen molar-refractivity contribution >= 4 is 23.3 Å². The Kier molecular flexibility index (Phi) is 4.69. The molecule has 2 aromatic rings. The van der Waals surface area contributed by atoms with Gasteiger partial charge in [0.2, 0.25) is 0 Å². The second kappa shape index (κ2) is 7.09. The van der Waals surface area contributed by atoms with Crippen LogP contribution in [0.5, 0.6) is 0 Å². The molecule has 0 unspecified atom stereocenters. The van der Waals surface area contributed by atoms with Gasteiger partial charge in [-0.25, -0.2) is 9.97 Å².